The molecule has 1 aromatic rings. The monoisotopic (exact) mass is 203 g/mol. The summed E-state index contributed by atoms with van der Waals surface area (Å²) in [7, 11) is 0. The van der Waals surface area contributed by atoms with E-state index in [9.17, 15) is 0 Å². The lowest BCUT2D eigenvalue weighted by Gasteiger charge is -2.28. The van der Waals surface area contributed by atoms with Gasteiger partial charge in [0.05, 0.1) is 0 Å². The first-order valence-corrected chi connectivity index (χ1v) is 6.06. The van der Waals surface area contributed by atoms with Crippen LogP contribution in [0.1, 0.15) is 55.1 Å². The second-order valence-corrected chi connectivity index (χ2v) is 5.18. The minimum Gasteiger partial charge on any atom is -0.257 e. The summed E-state index contributed by atoms with van der Waals surface area (Å²) in [6.45, 7) is 8.93. The molecule has 15 heavy (non-hydrogen) atoms. The maximum atomic E-state index is 4.82. The van der Waals surface area contributed by atoms with Gasteiger partial charge in [-0.3, -0.25) is 4.98 Å². The largest absolute Gasteiger partial charge is 0.257 e. The molecule has 0 spiro atoms. The smallest absolute Gasteiger partial charge is 0.0472 e. The highest BCUT2D eigenvalue weighted by atomic mass is 14.7. The minimum absolute atomic E-state index is 0.688. The number of nitrogens with zero attached hydrogens (tertiary/aromatic N) is 1. The van der Waals surface area contributed by atoms with Gasteiger partial charge in [0.15, 0.2) is 0 Å². The predicted octanol–water partition coefficient (Wildman–Crippen LogP) is 3.77. The topological polar surface area (TPSA) is 12.9 Å². The van der Waals surface area contributed by atoms with E-state index < -0.39 is 0 Å². The first-order chi connectivity index (χ1) is 7.09. The zero-order chi connectivity index (χ0) is 11.0. The molecule has 0 aromatic carbocycles. The van der Waals surface area contributed by atoms with Crippen LogP contribution in [-0.2, 0) is 6.42 Å². The summed E-state index contributed by atoms with van der Waals surface area (Å²) >= 11 is 0. The van der Waals surface area contributed by atoms with Gasteiger partial charge in [0.2, 0.25) is 0 Å². The Balaban J connectivity index is 2.47. The van der Waals surface area contributed by atoms with E-state index >= 15 is 0 Å². The Hall–Kier alpha value is -0.850. The number of aryl methyl sites for hydroxylation is 3. The third-order valence-electron chi connectivity index (χ3n) is 3.70. The first kappa shape index (κ1) is 10.7. The first-order valence-electron chi connectivity index (χ1n) is 6.06. The second kappa shape index (κ2) is 3.96. The van der Waals surface area contributed by atoms with Crippen LogP contribution in [0.4, 0.5) is 0 Å². The molecule has 1 heterocycles. The zero-order valence-electron chi connectivity index (χ0n) is 10.3. The number of pyridine rings is 1. The number of rotatable bonds is 1. The molecule has 1 aromatic heterocycles. The minimum atomic E-state index is 0.688. The van der Waals surface area contributed by atoms with E-state index in [0.717, 1.165) is 5.92 Å². The molecular weight excluding hydrogens is 182 g/mol. The average Bonchev–Trinajstić information content (AvgIpc) is 2.18. The van der Waals surface area contributed by atoms with E-state index in [1.807, 2.05) is 0 Å². The number of fused-ring (bicyclic) bond motifs is 1. The van der Waals surface area contributed by atoms with Crippen molar-refractivity contribution in [3.8, 4) is 0 Å². The van der Waals surface area contributed by atoms with Crippen LogP contribution < -0.4 is 0 Å². The Morgan fingerprint density at radius 2 is 2.07 bits per heavy atom. The van der Waals surface area contributed by atoms with Crippen molar-refractivity contribution in [2.24, 2.45) is 5.92 Å². The van der Waals surface area contributed by atoms with Crippen LogP contribution in [0.2, 0.25) is 0 Å². The Morgan fingerprint density at radius 1 is 1.33 bits per heavy atom. The van der Waals surface area contributed by atoms with Gasteiger partial charge >= 0.3 is 0 Å². The van der Waals surface area contributed by atoms with Crippen LogP contribution in [0.25, 0.3) is 0 Å². The molecule has 2 rings (SSSR count). The van der Waals surface area contributed by atoms with Crippen molar-refractivity contribution in [2.75, 3.05) is 0 Å². The molecule has 0 amide bonds. The molecule has 1 aliphatic carbocycles. The van der Waals surface area contributed by atoms with Gasteiger partial charge in [-0.1, -0.05) is 19.9 Å². The number of hydrogen-bond donors (Lipinski definition) is 0. The molecule has 0 N–H and O–H groups in total. The highest BCUT2D eigenvalue weighted by molar-refractivity contribution is 5.33. The fourth-order valence-corrected chi connectivity index (χ4v) is 2.60. The van der Waals surface area contributed by atoms with E-state index in [2.05, 4.69) is 33.8 Å². The Bertz CT molecular complexity index is 366. The van der Waals surface area contributed by atoms with Crippen LogP contribution in [0.3, 0.4) is 0 Å². The van der Waals surface area contributed by atoms with Crippen LogP contribution in [0.15, 0.2) is 6.07 Å². The fourth-order valence-electron chi connectivity index (χ4n) is 2.60. The molecule has 0 fully saturated rings. The molecule has 1 atom stereocenters. The number of hydrogen-bond acceptors (Lipinski definition) is 1. The SMILES string of the molecule is Cc1cc2c(nc1C)C(C(C)C)CCC2. The summed E-state index contributed by atoms with van der Waals surface area (Å²) < 4.78 is 0. The van der Waals surface area contributed by atoms with Gasteiger partial charge in [-0.15, -0.1) is 0 Å². The van der Waals surface area contributed by atoms with Gasteiger partial charge in [0.1, 0.15) is 0 Å². The van der Waals surface area contributed by atoms with Crippen molar-refractivity contribution >= 4 is 0 Å². The molecule has 0 saturated heterocycles. The lowest BCUT2D eigenvalue weighted by Crippen LogP contribution is -2.17. The quantitative estimate of drug-likeness (QED) is 0.677. The molecule has 1 unspecified atom stereocenters. The Kier molecular flexibility index (Phi) is 2.81. The Morgan fingerprint density at radius 3 is 2.73 bits per heavy atom. The molecule has 1 aliphatic rings. The van der Waals surface area contributed by atoms with E-state index in [4.69, 9.17) is 4.98 Å². The van der Waals surface area contributed by atoms with Crippen LogP contribution in [0, 0.1) is 19.8 Å². The highest BCUT2D eigenvalue weighted by Gasteiger charge is 2.24. The normalized spacial score (nSPS) is 20.5. The van der Waals surface area contributed by atoms with Crippen molar-refractivity contribution < 1.29 is 0 Å². The molecule has 0 bridgehead atoms. The lowest BCUT2D eigenvalue weighted by molar-refractivity contribution is 0.422. The lowest BCUT2D eigenvalue weighted by atomic mass is 9.79. The van der Waals surface area contributed by atoms with Gasteiger partial charge in [0.25, 0.3) is 0 Å². The van der Waals surface area contributed by atoms with Gasteiger partial charge in [-0.2, -0.15) is 0 Å². The predicted molar refractivity (Wildman–Crippen MR) is 64.2 cm³/mol. The third-order valence-corrected chi connectivity index (χ3v) is 3.70. The highest BCUT2D eigenvalue weighted by Crippen LogP contribution is 2.36. The summed E-state index contributed by atoms with van der Waals surface area (Å²) in [5, 5.41) is 0. The van der Waals surface area contributed by atoms with Crippen molar-refractivity contribution in [3.05, 3.63) is 28.6 Å². The second-order valence-electron chi connectivity index (χ2n) is 5.18. The van der Waals surface area contributed by atoms with Crippen LogP contribution >= 0.6 is 0 Å². The standard InChI is InChI=1S/C14H21N/c1-9(2)13-7-5-6-12-8-10(3)11(4)15-14(12)13/h8-9,13H,5-7H2,1-4H3. The Labute approximate surface area is 92.9 Å². The average molecular weight is 203 g/mol. The summed E-state index contributed by atoms with van der Waals surface area (Å²) in [6, 6.07) is 2.35. The van der Waals surface area contributed by atoms with Crippen LogP contribution in [0.5, 0.6) is 0 Å². The summed E-state index contributed by atoms with van der Waals surface area (Å²) in [5.74, 6) is 1.41. The van der Waals surface area contributed by atoms with Crippen molar-refractivity contribution in [3.63, 3.8) is 0 Å². The van der Waals surface area contributed by atoms with Crippen molar-refractivity contribution in [1.82, 2.24) is 4.98 Å². The van der Waals surface area contributed by atoms with E-state index in [1.165, 1.54) is 41.8 Å². The van der Waals surface area contributed by atoms with Gasteiger partial charge in [0, 0.05) is 17.3 Å². The maximum Gasteiger partial charge on any atom is 0.0472 e. The van der Waals surface area contributed by atoms with Crippen LogP contribution in [-0.4, -0.2) is 4.98 Å². The van der Waals surface area contributed by atoms with Gasteiger partial charge in [-0.05, 0) is 50.2 Å². The molecule has 1 nitrogen and oxygen atoms in total. The zero-order valence-corrected chi connectivity index (χ0v) is 10.3. The molecule has 0 radical (unpaired) electrons. The maximum absolute atomic E-state index is 4.82. The fraction of sp³-hybridized carbons (Fsp3) is 0.643. The summed E-state index contributed by atoms with van der Waals surface area (Å²) in [4.78, 5) is 4.82. The van der Waals surface area contributed by atoms with Crippen molar-refractivity contribution in [2.45, 2.75) is 52.9 Å². The molecule has 0 aliphatic heterocycles. The summed E-state index contributed by atoms with van der Waals surface area (Å²) in [6.07, 6.45) is 3.88. The van der Waals surface area contributed by atoms with Gasteiger partial charge < -0.3 is 0 Å². The van der Waals surface area contributed by atoms with Gasteiger partial charge in [-0.25, -0.2) is 0 Å². The molecule has 0 saturated carbocycles. The van der Waals surface area contributed by atoms with E-state index in [1.54, 1.807) is 0 Å². The molecule has 82 valence electrons. The van der Waals surface area contributed by atoms with Crippen molar-refractivity contribution in [1.29, 1.82) is 0 Å². The van der Waals surface area contributed by atoms with E-state index in [-0.39, 0.29) is 0 Å². The summed E-state index contributed by atoms with van der Waals surface area (Å²) in [5.41, 5.74) is 5.45. The molecular formula is C14H21N. The molecule has 1 heteroatoms. The number of aromatic nitrogens is 1. The third kappa shape index (κ3) is 1.92. The van der Waals surface area contributed by atoms with E-state index in [0.29, 0.717) is 5.92 Å².